The van der Waals surface area contributed by atoms with Crippen molar-refractivity contribution in [3.8, 4) is 5.69 Å². The van der Waals surface area contributed by atoms with Crippen molar-refractivity contribution < 1.29 is 9.53 Å². The largest absolute Gasteiger partial charge is 0.379 e. The van der Waals surface area contributed by atoms with Crippen LogP contribution in [0.25, 0.3) is 5.69 Å². The van der Waals surface area contributed by atoms with Gasteiger partial charge in [0.05, 0.1) is 30.1 Å². The molecule has 1 N–H and O–H groups in total. The van der Waals surface area contributed by atoms with Gasteiger partial charge in [0.25, 0.3) is 5.91 Å². The number of amides is 1. The first-order valence-corrected chi connectivity index (χ1v) is 11.5. The minimum Gasteiger partial charge on any atom is -0.379 e. The number of carbonyl (C=O) groups is 1. The molecule has 4 rings (SSSR count). The second-order valence-electron chi connectivity index (χ2n) is 8.04. The molecule has 0 bridgehead atoms. The maximum absolute atomic E-state index is 12.5. The van der Waals surface area contributed by atoms with E-state index in [1.54, 1.807) is 18.3 Å². The fourth-order valence-corrected chi connectivity index (χ4v) is 4.32. The van der Waals surface area contributed by atoms with E-state index in [1.807, 2.05) is 54.8 Å². The van der Waals surface area contributed by atoms with Crippen LogP contribution in [0.4, 0.5) is 0 Å². The first kappa shape index (κ1) is 23.5. The topological polar surface area (TPSA) is 58.9 Å². The van der Waals surface area contributed by atoms with Crippen LogP contribution < -0.4 is 5.43 Å². The fraction of sp³-hybridized carbons (Fsp3) is 0.280. The molecule has 6 nitrogen and oxygen atoms in total. The van der Waals surface area contributed by atoms with Crippen LogP contribution in [0, 0.1) is 13.8 Å². The van der Waals surface area contributed by atoms with Gasteiger partial charge in [0, 0.05) is 47.2 Å². The van der Waals surface area contributed by atoms with E-state index in [2.05, 4.69) is 15.4 Å². The van der Waals surface area contributed by atoms with Gasteiger partial charge in [0.2, 0.25) is 0 Å². The summed E-state index contributed by atoms with van der Waals surface area (Å²) in [6.45, 7) is 8.22. The van der Waals surface area contributed by atoms with E-state index in [1.165, 1.54) is 5.56 Å². The maximum Gasteiger partial charge on any atom is 0.271 e. The molecular formula is C25H26Cl2N4O2. The lowest BCUT2D eigenvalue weighted by atomic mass is 10.1. The van der Waals surface area contributed by atoms with E-state index in [9.17, 15) is 4.79 Å². The van der Waals surface area contributed by atoms with Gasteiger partial charge in [-0.3, -0.25) is 9.69 Å². The number of aryl methyl sites for hydroxylation is 1. The average molecular weight is 485 g/mol. The SMILES string of the molecule is Cc1cc(/C=N\NC(=O)c2ccc(CN3CCOCC3)cc2)c(C)n1-c1cc(Cl)ccc1Cl. The molecular weight excluding hydrogens is 459 g/mol. The minimum atomic E-state index is -0.254. The van der Waals surface area contributed by atoms with E-state index in [0.29, 0.717) is 15.6 Å². The van der Waals surface area contributed by atoms with Gasteiger partial charge in [0.1, 0.15) is 0 Å². The molecule has 3 aromatic rings. The molecule has 1 amide bonds. The standard InChI is InChI=1S/C25H26Cl2N4O2/c1-17-13-21(18(2)31(17)24-14-22(26)7-8-23(24)27)15-28-29-25(32)20-5-3-19(4-6-20)16-30-9-11-33-12-10-30/h3-8,13-15H,9-12,16H2,1-2H3,(H,29,32)/b28-15-. The Balaban J connectivity index is 1.41. The highest BCUT2D eigenvalue weighted by Gasteiger charge is 2.14. The van der Waals surface area contributed by atoms with Crippen LogP contribution in [0.1, 0.15) is 32.9 Å². The molecule has 0 atom stereocenters. The molecule has 1 aliphatic rings. The van der Waals surface area contributed by atoms with Crippen molar-refractivity contribution in [1.29, 1.82) is 0 Å². The molecule has 0 spiro atoms. The van der Waals surface area contributed by atoms with E-state index in [-0.39, 0.29) is 5.91 Å². The number of aromatic nitrogens is 1. The molecule has 1 aromatic heterocycles. The smallest absolute Gasteiger partial charge is 0.271 e. The third-order valence-electron chi connectivity index (χ3n) is 5.72. The van der Waals surface area contributed by atoms with E-state index < -0.39 is 0 Å². The fourth-order valence-electron chi connectivity index (χ4n) is 3.95. The zero-order valence-electron chi connectivity index (χ0n) is 18.6. The predicted molar refractivity (Wildman–Crippen MR) is 133 cm³/mol. The van der Waals surface area contributed by atoms with Crippen molar-refractivity contribution >= 4 is 35.3 Å². The zero-order valence-corrected chi connectivity index (χ0v) is 20.2. The Labute approximate surface area is 203 Å². The van der Waals surface area contributed by atoms with E-state index in [0.717, 1.165) is 55.5 Å². The lowest BCUT2D eigenvalue weighted by molar-refractivity contribution is 0.0342. The van der Waals surface area contributed by atoms with Gasteiger partial charge in [-0.15, -0.1) is 0 Å². The summed E-state index contributed by atoms with van der Waals surface area (Å²) in [6, 6.07) is 15.0. The number of carbonyl (C=O) groups excluding carboxylic acids is 1. The zero-order chi connectivity index (χ0) is 23.4. The Bertz CT molecular complexity index is 1170. The van der Waals surface area contributed by atoms with Gasteiger partial charge in [-0.05, 0) is 55.8 Å². The highest BCUT2D eigenvalue weighted by Crippen LogP contribution is 2.28. The third-order valence-corrected chi connectivity index (χ3v) is 6.27. The first-order chi connectivity index (χ1) is 15.9. The molecule has 0 saturated carbocycles. The van der Waals surface area contributed by atoms with Gasteiger partial charge in [-0.25, -0.2) is 5.43 Å². The number of hydrogen-bond acceptors (Lipinski definition) is 4. The Morgan fingerprint density at radius 3 is 2.55 bits per heavy atom. The van der Waals surface area contributed by atoms with Crippen LogP contribution in [0.3, 0.4) is 0 Å². The maximum atomic E-state index is 12.5. The van der Waals surface area contributed by atoms with Crippen LogP contribution >= 0.6 is 23.2 Å². The molecule has 8 heteroatoms. The monoisotopic (exact) mass is 484 g/mol. The summed E-state index contributed by atoms with van der Waals surface area (Å²) in [5.74, 6) is -0.254. The molecule has 1 fully saturated rings. The number of halogens is 2. The highest BCUT2D eigenvalue weighted by atomic mass is 35.5. The minimum absolute atomic E-state index is 0.254. The van der Waals surface area contributed by atoms with Crippen LogP contribution in [0.15, 0.2) is 53.6 Å². The van der Waals surface area contributed by atoms with E-state index >= 15 is 0 Å². The number of rotatable bonds is 6. The lowest BCUT2D eigenvalue weighted by Gasteiger charge is -2.26. The molecule has 1 aliphatic heterocycles. The van der Waals surface area contributed by atoms with Gasteiger partial charge in [-0.1, -0.05) is 35.3 Å². The third kappa shape index (κ3) is 5.65. The Kier molecular flexibility index (Phi) is 7.50. The Morgan fingerprint density at radius 2 is 1.82 bits per heavy atom. The highest BCUT2D eigenvalue weighted by molar-refractivity contribution is 6.34. The summed E-state index contributed by atoms with van der Waals surface area (Å²) < 4.78 is 7.40. The van der Waals surface area contributed by atoms with Gasteiger partial charge in [-0.2, -0.15) is 5.10 Å². The van der Waals surface area contributed by atoms with Crippen LogP contribution in [-0.4, -0.2) is 47.9 Å². The predicted octanol–water partition coefficient (Wildman–Crippen LogP) is 5.00. The number of ether oxygens (including phenoxy) is 1. The molecule has 2 aromatic carbocycles. The van der Waals surface area contributed by atoms with Crippen LogP contribution in [0.5, 0.6) is 0 Å². The number of hydrogen-bond donors (Lipinski definition) is 1. The second-order valence-corrected chi connectivity index (χ2v) is 8.89. The molecule has 0 radical (unpaired) electrons. The number of hydrazone groups is 1. The van der Waals surface area contributed by atoms with Gasteiger partial charge >= 0.3 is 0 Å². The van der Waals surface area contributed by atoms with Crippen molar-refractivity contribution in [1.82, 2.24) is 14.9 Å². The summed E-state index contributed by atoms with van der Waals surface area (Å²) in [6.07, 6.45) is 1.64. The molecule has 172 valence electrons. The summed E-state index contributed by atoms with van der Waals surface area (Å²) in [5.41, 5.74) is 7.96. The van der Waals surface area contributed by atoms with Gasteiger partial charge in [0.15, 0.2) is 0 Å². The van der Waals surface area contributed by atoms with Crippen LogP contribution in [0.2, 0.25) is 10.0 Å². The number of nitrogens with zero attached hydrogens (tertiary/aromatic N) is 3. The van der Waals surface area contributed by atoms with Crippen molar-refractivity contribution in [3.05, 3.63) is 86.7 Å². The molecule has 33 heavy (non-hydrogen) atoms. The lowest BCUT2D eigenvalue weighted by Crippen LogP contribution is -2.35. The van der Waals surface area contributed by atoms with Crippen molar-refractivity contribution in [2.24, 2.45) is 5.10 Å². The summed E-state index contributed by atoms with van der Waals surface area (Å²) >= 11 is 12.5. The van der Waals surface area contributed by atoms with Crippen molar-refractivity contribution in [3.63, 3.8) is 0 Å². The van der Waals surface area contributed by atoms with Crippen molar-refractivity contribution in [2.45, 2.75) is 20.4 Å². The Hall–Kier alpha value is -2.64. The normalized spacial score (nSPS) is 14.7. The van der Waals surface area contributed by atoms with E-state index in [4.69, 9.17) is 27.9 Å². The molecule has 0 aliphatic carbocycles. The quantitative estimate of drug-likeness (QED) is 0.395. The van der Waals surface area contributed by atoms with Crippen LogP contribution in [-0.2, 0) is 11.3 Å². The van der Waals surface area contributed by atoms with Gasteiger partial charge < -0.3 is 9.30 Å². The first-order valence-electron chi connectivity index (χ1n) is 10.8. The average Bonchev–Trinajstić information content (AvgIpc) is 3.09. The van der Waals surface area contributed by atoms with Crippen molar-refractivity contribution in [2.75, 3.05) is 26.3 Å². The summed E-state index contributed by atoms with van der Waals surface area (Å²) in [7, 11) is 0. The Morgan fingerprint density at radius 1 is 1.09 bits per heavy atom. The molecule has 2 heterocycles. The summed E-state index contributed by atoms with van der Waals surface area (Å²) in [4.78, 5) is 14.9. The number of benzene rings is 2. The number of nitrogens with one attached hydrogen (secondary N) is 1. The second kappa shape index (κ2) is 10.5. The summed E-state index contributed by atoms with van der Waals surface area (Å²) in [5, 5.41) is 5.38. The number of morpholine rings is 1. The molecule has 0 unspecified atom stereocenters. The molecule has 1 saturated heterocycles.